The monoisotopic (exact) mass is 332 g/mol. The molecule has 1 fully saturated rings. The molecule has 0 saturated heterocycles. The van der Waals surface area contributed by atoms with Gasteiger partial charge in [0, 0.05) is 33.4 Å². The first-order valence-electron chi connectivity index (χ1n) is 6.10. The smallest absolute Gasteiger partial charge is 0.274 e. The zero-order chi connectivity index (χ0) is 16.0. The molecule has 1 amide bonds. The number of halogens is 1. The molecule has 0 aromatic heterocycles. The average Bonchev–Trinajstić information content (AvgIpc) is 3.04. The Balaban J connectivity index is 2.54. The highest BCUT2D eigenvalue weighted by atomic mass is 35.7. The molecule has 1 saturated carbocycles. The van der Waals surface area contributed by atoms with Crippen molar-refractivity contribution in [1.82, 2.24) is 5.32 Å². The Bertz CT molecular complexity index is 740. The summed E-state index contributed by atoms with van der Waals surface area (Å²) >= 11 is 0. The van der Waals surface area contributed by atoms with Crippen LogP contribution in [0.1, 0.15) is 35.7 Å². The predicted octanol–water partition coefficient (Wildman–Crippen LogP) is 2.11. The van der Waals surface area contributed by atoms with Crippen LogP contribution in [0.3, 0.4) is 0 Å². The third-order valence-electron chi connectivity index (χ3n) is 3.47. The minimum absolute atomic E-state index is 0.0933. The SMILES string of the molecule is Cc1c([N+](=O)[O-])cc(C(=O)NC2(C)CC2)cc1S(=O)(=O)Cl. The van der Waals surface area contributed by atoms with Gasteiger partial charge in [-0.2, -0.15) is 0 Å². The summed E-state index contributed by atoms with van der Waals surface area (Å²) in [5.74, 6) is -0.556. The molecule has 0 heterocycles. The lowest BCUT2D eigenvalue weighted by atomic mass is 10.1. The second-order valence-corrected chi connectivity index (χ2v) is 7.86. The van der Waals surface area contributed by atoms with E-state index in [1.54, 1.807) is 0 Å². The van der Waals surface area contributed by atoms with E-state index in [1.807, 2.05) is 6.92 Å². The summed E-state index contributed by atoms with van der Waals surface area (Å²) in [6.45, 7) is 3.12. The fourth-order valence-electron chi connectivity index (χ4n) is 1.91. The van der Waals surface area contributed by atoms with Crippen LogP contribution in [-0.4, -0.2) is 24.8 Å². The third kappa shape index (κ3) is 3.33. The number of nitrogens with one attached hydrogen (secondary N) is 1. The first kappa shape index (κ1) is 15.7. The van der Waals surface area contributed by atoms with Crippen LogP contribution in [0.2, 0.25) is 0 Å². The van der Waals surface area contributed by atoms with Gasteiger partial charge >= 0.3 is 0 Å². The first-order valence-corrected chi connectivity index (χ1v) is 8.41. The van der Waals surface area contributed by atoms with Crippen LogP contribution < -0.4 is 5.32 Å². The van der Waals surface area contributed by atoms with E-state index < -0.39 is 30.5 Å². The van der Waals surface area contributed by atoms with Gasteiger partial charge in [0.15, 0.2) is 0 Å². The Morgan fingerprint density at radius 1 is 1.43 bits per heavy atom. The summed E-state index contributed by atoms with van der Waals surface area (Å²) in [5.41, 5.74) is -0.969. The molecule has 9 heteroatoms. The van der Waals surface area contributed by atoms with Crippen molar-refractivity contribution in [3.05, 3.63) is 33.4 Å². The highest BCUT2D eigenvalue weighted by Crippen LogP contribution is 2.35. The third-order valence-corrected chi connectivity index (χ3v) is 4.92. The average molecular weight is 333 g/mol. The van der Waals surface area contributed by atoms with E-state index in [2.05, 4.69) is 5.32 Å². The summed E-state index contributed by atoms with van der Waals surface area (Å²) in [6, 6.07) is 2.12. The number of hydrogen-bond acceptors (Lipinski definition) is 5. The lowest BCUT2D eigenvalue weighted by Crippen LogP contribution is -2.34. The van der Waals surface area contributed by atoms with Gasteiger partial charge in [-0.3, -0.25) is 14.9 Å². The van der Waals surface area contributed by atoms with Gasteiger partial charge in [-0.15, -0.1) is 0 Å². The second-order valence-electron chi connectivity index (χ2n) is 5.33. The maximum absolute atomic E-state index is 12.1. The standard InChI is InChI=1S/C12H13ClN2O5S/c1-7-9(15(17)18)5-8(6-10(7)21(13,19)20)11(16)14-12(2)3-4-12/h5-6H,3-4H2,1-2H3,(H,14,16). The number of carbonyl (C=O) groups is 1. The minimum atomic E-state index is -4.19. The molecule has 0 spiro atoms. The van der Waals surface area contributed by atoms with Crippen LogP contribution in [0.4, 0.5) is 5.69 Å². The van der Waals surface area contributed by atoms with E-state index in [1.165, 1.54) is 6.92 Å². The number of rotatable bonds is 4. The first-order chi connectivity index (χ1) is 9.53. The zero-order valence-corrected chi connectivity index (χ0v) is 12.9. The molecule has 2 rings (SSSR count). The van der Waals surface area contributed by atoms with Gasteiger partial charge in [0.25, 0.3) is 20.6 Å². The molecule has 0 bridgehead atoms. The summed E-state index contributed by atoms with van der Waals surface area (Å²) in [5, 5.41) is 13.7. The van der Waals surface area contributed by atoms with E-state index in [0.29, 0.717) is 0 Å². The van der Waals surface area contributed by atoms with Gasteiger partial charge in [-0.05, 0) is 32.8 Å². The number of carbonyl (C=O) groups excluding carboxylic acids is 1. The van der Waals surface area contributed by atoms with Crippen molar-refractivity contribution in [3.8, 4) is 0 Å². The van der Waals surface area contributed by atoms with Crippen LogP contribution in [0.5, 0.6) is 0 Å². The van der Waals surface area contributed by atoms with E-state index >= 15 is 0 Å². The van der Waals surface area contributed by atoms with E-state index in [4.69, 9.17) is 10.7 Å². The fourth-order valence-corrected chi connectivity index (χ4v) is 3.12. The van der Waals surface area contributed by atoms with E-state index in [0.717, 1.165) is 25.0 Å². The van der Waals surface area contributed by atoms with E-state index in [-0.39, 0.29) is 16.7 Å². The van der Waals surface area contributed by atoms with Crippen LogP contribution >= 0.6 is 10.7 Å². The van der Waals surface area contributed by atoms with Crippen LogP contribution in [0.25, 0.3) is 0 Å². The Morgan fingerprint density at radius 2 is 2.00 bits per heavy atom. The number of nitrogens with zero attached hydrogens (tertiary/aromatic N) is 1. The molecule has 1 aromatic rings. The highest BCUT2D eigenvalue weighted by Gasteiger charge is 2.39. The van der Waals surface area contributed by atoms with Crippen molar-refractivity contribution in [2.45, 2.75) is 37.1 Å². The molecule has 0 radical (unpaired) electrons. The van der Waals surface area contributed by atoms with Gasteiger partial charge < -0.3 is 5.32 Å². The Hall–Kier alpha value is -1.67. The number of hydrogen-bond donors (Lipinski definition) is 1. The van der Waals surface area contributed by atoms with E-state index in [9.17, 15) is 23.3 Å². The lowest BCUT2D eigenvalue weighted by Gasteiger charge is -2.12. The van der Waals surface area contributed by atoms with Crippen molar-refractivity contribution in [3.63, 3.8) is 0 Å². The molecule has 1 aliphatic carbocycles. The number of nitro benzene ring substituents is 1. The minimum Gasteiger partial charge on any atom is -0.347 e. The Kier molecular flexibility index (Phi) is 3.71. The molecule has 0 aliphatic heterocycles. The topological polar surface area (TPSA) is 106 Å². The molecule has 1 aliphatic rings. The summed E-state index contributed by atoms with van der Waals surface area (Å²) in [6.07, 6.45) is 1.63. The summed E-state index contributed by atoms with van der Waals surface area (Å²) in [7, 11) is 1.09. The molecule has 0 atom stereocenters. The van der Waals surface area contributed by atoms with Crippen molar-refractivity contribution in [1.29, 1.82) is 0 Å². The zero-order valence-electron chi connectivity index (χ0n) is 11.3. The van der Waals surface area contributed by atoms with Crippen molar-refractivity contribution >= 4 is 31.3 Å². The molecule has 1 aromatic carbocycles. The van der Waals surface area contributed by atoms with Crippen LogP contribution in [0.15, 0.2) is 17.0 Å². The highest BCUT2D eigenvalue weighted by molar-refractivity contribution is 8.13. The quantitative estimate of drug-likeness (QED) is 0.516. The molecule has 114 valence electrons. The number of amides is 1. The molecule has 0 unspecified atom stereocenters. The van der Waals surface area contributed by atoms with Gasteiger partial charge in [-0.25, -0.2) is 8.42 Å². The van der Waals surface area contributed by atoms with Crippen LogP contribution in [-0.2, 0) is 9.05 Å². The Labute approximate surface area is 125 Å². The maximum Gasteiger partial charge on any atom is 0.274 e. The molecular formula is C12H13ClN2O5S. The predicted molar refractivity (Wildman–Crippen MR) is 76.0 cm³/mol. The molecule has 1 N–H and O–H groups in total. The number of benzene rings is 1. The van der Waals surface area contributed by atoms with Crippen molar-refractivity contribution in [2.75, 3.05) is 0 Å². The van der Waals surface area contributed by atoms with Gasteiger partial charge in [0.05, 0.1) is 9.82 Å². The second kappa shape index (κ2) is 4.96. The van der Waals surface area contributed by atoms with Crippen molar-refractivity contribution < 1.29 is 18.1 Å². The summed E-state index contributed by atoms with van der Waals surface area (Å²) < 4.78 is 23.0. The number of nitro groups is 1. The van der Waals surface area contributed by atoms with Gasteiger partial charge in [-0.1, -0.05) is 0 Å². The molecule has 7 nitrogen and oxygen atoms in total. The van der Waals surface area contributed by atoms with Gasteiger partial charge in [0.1, 0.15) is 0 Å². The van der Waals surface area contributed by atoms with Crippen LogP contribution in [0, 0.1) is 17.0 Å². The van der Waals surface area contributed by atoms with Gasteiger partial charge in [0.2, 0.25) is 0 Å². The fraction of sp³-hybridized carbons (Fsp3) is 0.417. The largest absolute Gasteiger partial charge is 0.347 e. The summed E-state index contributed by atoms with van der Waals surface area (Å²) in [4.78, 5) is 21.9. The van der Waals surface area contributed by atoms with Crippen molar-refractivity contribution in [2.24, 2.45) is 0 Å². The maximum atomic E-state index is 12.1. The molecular weight excluding hydrogens is 320 g/mol. The molecule has 21 heavy (non-hydrogen) atoms. The normalized spacial score (nSPS) is 16.3. The lowest BCUT2D eigenvalue weighted by molar-refractivity contribution is -0.385. The Morgan fingerprint density at radius 3 is 2.43 bits per heavy atom.